The van der Waals surface area contributed by atoms with Gasteiger partial charge in [-0.15, -0.1) is 0 Å². The predicted octanol–water partition coefficient (Wildman–Crippen LogP) is 4.42. The zero-order chi connectivity index (χ0) is 14.3. The molecule has 0 aliphatic carbocycles. The van der Waals surface area contributed by atoms with E-state index in [1.54, 1.807) is 18.2 Å². The molecule has 4 heteroatoms. The third-order valence-electron chi connectivity index (χ3n) is 2.66. The number of hydrogen-bond acceptors (Lipinski definition) is 3. The summed E-state index contributed by atoms with van der Waals surface area (Å²) in [4.78, 5) is 11.3. The molecule has 0 aliphatic rings. The Hall–Kier alpha value is -1.22. The van der Waals surface area contributed by atoms with Crippen LogP contribution in [0.3, 0.4) is 0 Å². The lowest BCUT2D eigenvalue weighted by molar-refractivity contribution is 0.107. The van der Waals surface area contributed by atoms with Crippen LogP contribution in [-0.2, 0) is 0 Å². The summed E-state index contributed by atoms with van der Waals surface area (Å²) in [6, 6.07) is 5.13. The first-order chi connectivity index (χ1) is 9.08. The summed E-state index contributed by atoms with van der Waals surface area (Å²) >= 11 is 5.54. The first-order valence-corrected chi connectivity index (χ1v) is 7.09. The van der Waals surface area contributed by atoms with E-state index in [1.807, 2.05) is 13.8 Å². The van der Waals surface area contributed by atoms with Gasteiger partial charge in [0.15, 0.2) is 0 Å². The predicted molar refractivity (Wildman–Crippen MR) is 77.4 cm³/mol. The Bertz CT molecular complexity index is 418. The summed E-state index contributed by atoms with van der Waals surface area (Å²) in [7, 11) is 0. The van der Waals surface area contributed by atoms with Gasteiger partial charge in [-0.05, 0) is 43.5 Å². The van der Waals surface area contributed by atoms with E-state index in [1.165, 1.54) is 0 Å². The van der Waals surface area contributed by atoms with E-state index in [9.17, 15) is 4.79 Å². The highest BCUT2D eigenvalue weighted by Gasteiger charge is 2.13. The average molecular weight is 285 g/mol. The molecule has 0 N–H and O–H groups in total. The van der Waals surface area contributed by atoms with Crippen LogP contribution in [0.4, 0.5) is 0 Å². The van der Waals surface area contributed by atoms with E-state index < -0.39 is 5.24 Å². The van der Waals surface area contributed by atoms with Crippen molar-refractivity contribution in [2.24, 2.45) is 0 Å². The minimum atomic E-state index is -0.515. The van der Waals surface area contributed by atoms with Crippen molar-refractivity contribution in [3.05, 3.63) is 23.8 Å². The minimum Gasteiger partial charge on any atom is -0.493 e. The van der Waals surface area contributed by atoms with Crippen LogP contribution in [0.2, 0.25) is 0 Å². The fourth-order valence-electron chi connectivity index (χ4n) is 1.77. The van der Waals surface area contributed by atoms with Crippen LogP contribution in [-0.4, -0.2) is 18.0 Å². The third kappa shape index (κ3) is 5.11. The van der Waals surface area contributed by atoms with Gasteiger partial charge >= 0.3 is 0 Å². The molecule has 0 bridgehead atoms. The van der Waals surface area contributed by atoms with Crippen molar-refractivity contribution in [2.75, 3.05) is 6.61 Å². The lowest BCUT2D eigenvalue weighted by atomic mass is 10.2. The van der Waals surface area contributed by atoms with Crippen LogP contribution in [0.15, 0.2) is 18.2 Å². The van der Waals surface area contributed by atoms with Crippen LogP contribution in [0, 0.1) is 0 Å². The Morgan fingerprint density at radius 3 is 2.63 bits per heavy atom. The zero-order valence-corrected chi connectivity index (χ0v) is 12.5. The maximum absolute atomic E-state index is 11.3. The second-order valence-electron chi connectivity index (χ2n) is 4.50. The maximum Gasteiger partial charge on any atom is 0.256 e. The maximum atomic E-state index is 11.3. The number of halogens is 1. The molecule has 1 atom stereocenters. The van der Waals surface area contributed by atoms with E-state index in [-0.39, 0.29) is 6.10 Å². The van der Waals surface area contributed by atoms with Gasteiger partial charge < -0.3 is 9.47 Å². The van der Waals surface area contributed by atoms with Crippen LogP contribution in [0.5, 0.6) is 11.5 Å². The fourth-order valence-corrected chi connectivity index (χ4v) is 1.92. The first-order valence-electron chi connectivity index (χ1n) is 6.71. The first kappa shape index (κ1) is 15.8. The number of rotatable bonds is 8. The number of ether oxygens (including phenoxy) is 2. The summed E-state index contributed by atoms with van der Waals surface area (Å²) in [5.41, 5.74) is 0.380. The van der Waals surface area contributed by atoms with Gasteiger partial charge in [0.1, 0.15) is 11.5 Å². The van der Waals surface area contributed by atoms with E-state index in [0.717, 1.165) is 19.3 Å². The highest BCUT2D eigenvalue weighted by Crippen LogP contribution is 2.27. The van der Waals surface area contributed by atoms with Gasteiger partial charge in [-0.25, -0.2) is 0 Å². The topological polar surface area (TPSA) is 35.5 Å². The van der Waals surface area contributed by atoms with Gasteiger partial charge in [0.25, 0.3) is 5.24 Å². The Balaban J connectivity index is 2.87. The van der Waals surface area contributed by atoms with Gasteiger partial charge in [-0.2, -0.15) is 0 Å². The summed E-state index contributed by atoms with van der Waals surface area (Å²) in [6.07, 6.45) is 3.06. The molecule has 0 saturated heterocycles. The quantitative estimate of drug-likeness (QED) is 0.663. The molecule has 106 valence electrons. The molecule has 0 heterocycles. The molecule has 0 saturated carbocycles. The number of benzene rings is 1. The Morgan fingerprint density at radius 2 is 2.05 bits per heavy atom. The molecule has 0 aromatic heterocycles. The molecular weight excluding hydrogens is 264 g/mol. The summed E-state index contributed by atoms with van der Waals surface area (Å²) < 4.78 is 11.3. The largest absolute Gasteiger partial charge is 0.493 e. The Morgan fingerprint density at radius 1 is 1.32 bits per heavy atom. The van der Waals surface area contributed by atoms with Gasteiger partial charge in [0, 0.05) is 6.07 Å². The van der Waals surface area contributed by atoms with Gasteiger partial charge in [0.05, 0.1) is 18.3 Å². The average Bonchev–Trinajstić information content (AvgIpc) is 2.36. The SMILES string of the molecule is CCCOc1cc(OC(C)CCC)ccc1C(=O)Cl. The van der Waals surface area contributed by atoms with Crippen molar-refractivity contribution in [3.63, 3.8) is 0 Å². The summed E-state index contributed by atoms with van der Waals surface area (Å²) in [5, 5.41) is -0.515. The van der Waals surface area contributed by atoms with Crippen LogP contribution in [0.1, 0.15) is 50.4 Å². The zero-order valence-electron chi connectivity index (χ0n) is 11.7. The minimum absolute atomic E-state index is 0.140. The molecule has 0 spiro atoms. The van der Waals surface area contributed by atoms with Crippen molar-refractivity contribution < 1.29 is 14.3 Å². The molecule has 3 nitrogen and oxygen atoms in total. The highest BCUT2D eigenvalue weighted by molar-refractivity contribution is 6.68. The Kier molecular flexibility index (Phi) is 6.71. The lowest BCUT2D eigenvalue weighted by Gasteiger charge is -2.16. The highest BCUT2D eigenvalue weighted by atomic mass is 35.5. The molecule has 0 amide bonds. The second-order valence-corrected chi connectivity index (χ2v) is 4.84. The molecule has 1 aromatic carbocycles. The van der Waals surface area contributed by atoms with Crippen LogP contribution >= 0.6 is 11.6 Å². The molecule has 0 fully saturated rings. The van der Waals surface area contributed by atoms with Crippen molar-refractivity contribution in [2.45, 2.75) is 46.1 Å². The molecule has 1 rings (SSSR count). The van der Waals surface area contributed by atoms with E-state index >= 15 is 0 Å². The van der Waals surface area contributed by atoms with Gasteiger partial charge in [-0.3, -0.25) is 4.79 Å². The fraction of sp³-hybridized carbons (Fsp3) is 0.533. The molecule has 0 radical (unpaired) electrons. The molecule has 0 aliphatic heterocycles. The molecule has 19 heavy (non-hydrogen) atoms. The Labute approximate surface area is 119 Å². The smallest absolute Gasteiger partial charge is 0.256 e. The number of carbonyl (C=O) groups excluding carboxylic acids is 1. The van der Waals surface area contributed by atoms with Crippen molar-refractivity contribution in [3.8, 4) is 11.5 Å². The standard InChI is InChI=1S/C15H21ClO3/c1-4-6-11(3)19-12-7-8-13(15(16)17)14(10-12)18-9-5-2/h7-8,10-11H,4-6,9H2,1-3H3. The van der Waals surface area contributed by atoms with Crippen molar-refractivity contribution in [1.82, 2.24) is 0 Å². The van der Waals surface area contributed by atoms with E-state index in [4.69, 9.17) is 21.1 Å². The van der Waals surface area contributed by atoms with Crippen LogP contribution in [0.25, 0.3) is 0 Å². The van der Waals surface area contributed by atoms with E-state index in [2.05, 4.69) is 6.92 Å². The summed E-state index contributed by atoms with van der Waals surface area (Å²) in [6.45, 7) is 6.69. The van der Waals surface area contributed by atoms with Gasteiger partial charge in [-0.1, -0.05) is 20.3 Å². The monoisotopic (exact) mass is 284 g/mol. The van der Waals surface area contributed by atoms with E-state index in [0.29, 0.717) is 23.7 Å². The third-order valence-corrected chi connectivity index (χ3v) is 2.86. The normalized spacial score (nSPS) is 12.0. The number of hydrogen-bond donors (Lipinski definition) is 0. The number of carbonyl (C=O) groups is 1. The van der Waals surface area contributed by atoms with Crippen LogP contribution < -0.4 is 9.47 Å². The van der Waals surface area contributed by atoms with Crippen molar-refractivity contribution in [1.29, 1.82) is 0 Å². The lowest BCUT2D eigenvalue weighted by Crippen LogP contribution is -2.11. The van der Waals surface area contributed by atoms with Crippen molar-refractivity contribution >= 4 is 16.8 Å². The second kappa shape index (κ2) is 8.05. The summed E-state index contributed by atoms with van der Waals surface area (Å²) in [5.74, 6) is 1.19. The molecule has 1 unspecified atom stereocenters. The van der Waals surface area contributed by atoms with Gasteiger partial charge in [0.2, 0.25) is 0 Å². The molecule has 1 aromatic rings. The molecular formula is C15H21ClO3.